The van der Waals surface area contributed by atoms with Crippen LogP contribution in [0.25, 0.3) is 60.1 Å². The average Bonchev–Trinajstić information content (AvgIpc) is 3.19. The molecule has 0 unspecified atom stereocenters. The van der Waals surface area contributed by atoms with E-state index in [0.717, 1.165) is 0 Å². The molecule has 0 spiro atoms. The minimum absolute atomic E-state index is 1.27. The topological polar surface area (TPSA) is 8.29 Å². The van der Waals surface area contributed by atoms with Crippen molar-refractivity contribution in [2.75, 3.05) is 0 Å². The molecule has 0 N–H and O–H groups in total. The van der Waals surface area contributed by atoms with Crippen LogP contribution in [0.1, 0.15) is 5.56 Å². The van der Waals surface area contributed by atoms with Gasteiger partial charge in [0.05, 0.1) is 0 Å². The van der Waals surface area contributed by atoms with E-state index in [4.69, 9.17) is 0 Å². The first-order valence-electron chi connectivity index (χ1n) is 12.4. The average molecular weight is 514 g/mol. The van der Waals surface area contributed by atoms with Crippen molar-refractivity contribution in [3.8, 4) is 11.1 Å². The van der Waals surface area contributed by atoms with Crippen LogP contribution in [0.5, 0.6) is 0 Å². The van der Waals surface area contributed by atoms with Gasteiger partial charge in [0.25, 0.3) is 0 Å². The Hall–Kier alpha value is -3.37. The van der Waals surface area contributed by atoms with Gasteiger partial charge in [-0.15, -0.1) is 0 Å². The Morgan fingerprint density at radius 1 is 0.743 bits per heavy atom. The second-order valence-electron chi connectivity index (χ2n) is 11.0. The Kier molecular flexibility index (Phi) is 4.24. The van der Waals surface area contributed by atoms with E-state index in [2.05, 4.69) is 125 Å². The molecule has 3 heterocycles. The first-order chi connectivity index (χ1) is 16.8. The van der Waals surface area contributed by atoms with Gasteiger partial charge in [0.15, 0.2) is 0 Å². The summed E-state index contributed by atoms with van der Waals surface area (Å²) < 4.78 is 6.45. The Morgan fingerprint density at radius 3 is 2.31 bits per heavy atom. The standard InChI is InChI=1S/C32H29GeN2/c1-20-14-15-25-30-24(21-10-7-6-8-11-21)12-9-13-26(30)35-27-19-23(33(2,3)4)18-22-16-17-34(5)32(29(22)27)28(20)31(25)35/h6-19H,1-5H3/q+1. The molecular weight excluding hydrogens is 485 g/mol. The third-order valence-electron chi connectivity index (χ3n) is 7.81. The summed E-state index contributed by atoms with van der Waals surface area (Å²) in [5.74, 6) is 7.49. The molecule has 0 saturated carbocycles. The van der Waals surface area contributed by atoms with Crippen LogP contribution in [0.15, 0.2) is 85.1 Å². The summed E-state index contributed by atoms with van der Waals surface area (Å²) in [6.45, 7) is 2.26. The number of rotatable bonds is 2. The molecule has 0 atom stereocenters. The molecule has 7 aromatic rings. The first kappa shape index (κ1) is 21.0. The number of nitrogens with zero attached hydrogens (tertiary/aromatic N) is 2. The molecule has 170 valence electrons. The van der Waals surface area contributed by atoms with Crippen molar-refractivity contribution in [2.45, 2.75) is 24.2 Å². The van der Waals surface area contributed by atoms with Gasteiger partial charge in [-0.05, 0) is 0 Å². The van der Waals surface area contributed by atoms with Gasteiger partial charge in [-0.3, -0.25) is 0 Å². The zero-order chi connectivity index (χ0) is 24.1. The van der Waals surface area contributed by atoms with Crippen LogP contribution in [0, 0.1) is 6.92 Å². The molecule has 4 aromatic carbocycles. The second-order valence-corrected chi connectivity index (χ2v) is 21.7. The van der Waals surface area contributed by atoms with Crippen molar-refractivity contribution in [2.24, 2.45) is 7.05 Å². The maximum absolute atomic E-state index is 2.58. The van der Waals surface area contributed by atoms with Crippen molar-refractivity contribution < 1.29 is 4.57 Å². The van der Waals surface area contributed by atoms with E-state index in [0.29, 0.717) is 0 Å². The molecule has 7 rings (SSSR count). The Morgan fingerprint density at radius 2 is 1.54 bits per heavy atom. The fourth-order valence-electron chi connectivity index (χ4n) is 6.06. The quantitative estimate of drug-likeness (QED) is 0.0989. The maximum atomic E-state index is 2.58. The summed E-state index contributed by atoms with van der Waals surface area (Å²) in [5, 5.41) is 6.78. The predicted octanol–water partition coefficient (Wildman–Crippen LogP) is 7.34. The minimum atomic E-state index is -2.08. The molecule has 0 aliphatic rings. The molecule has 0 aliphatic carbocycles. The van der Waals surface area contributed by atoms with E-state index in [1.807, 2.05) is 0 Å². The molecule has 0 bridgehead atoms. The Bertz CT molecular complexity index is 1940. The van der Waals surface area contributed by atoms with Gasteiger partial charge >= 0.3 is 209 Å². The van der Waals surface area contributed by atoms with E-state index in [9.17, 15) is 0 Å². The van der Waals surface area contributed by atoms with Crippen LogP contribution in [0.2, 0.25) is 17.3 Å². The van der Waals surface area contributed by atoms with Gasteiger partial charge in [0, 0.05) is 0 Å². The van der Waals surface area contributed by atoms with Crippen molar-refractivity contribution >= 4 is 66.7 Å². The van der Waals surface area contributed by atoms with Crippen molar-refractivity contribution in [1.29, 1.82) is 0 Å². The molecular formula is C32H29GeN2+. The summed E-state index contributed by atoms with van der Waals surface area (Å²) in [7, 11) is 2.19. The van der Waals surface area contributed by atoms with Crippen LogP contribution in [0.3, 0.4) is 0 Å². The fourth-order valence-corrected chi connectivity index (χ4v) is 8.49. The van der Waals surface area contributed by atoms with Gasteiger partial charge in [0.1, 0.15) is 0 Å². The van der Waals surface area contributed by atoms with Gasteiger partial charge in [-0.1, -0.05) is 0 Å². The number of aryl methyl sites for hydroxylation is 2. The van der Waals surface area contributed by atoms with Crippen molar-refractivity contribution in [1.82, 2.24) is 4.40 Å². The van der Waals surface area contributed by atoms with Gasteiger partial charge in [-0.25, -0.2) is 0 Å². The van der Waals surface area contributed by atoms with E-state index < -0.39 is 13.3 Å². The van der Waals surface area contributed by atoms with E-state index >= 15 is 0 Å². The Balaban J connectivity index is 1.84. The number of benzene rings is 4. The molecule has 0 radical (unpaired) electrons. The Labute approximate surface area is 208 Å². The summed E-state index contributed by atoms with van der Waals surface area (Å²) in [6, 6.07) is 29.6. The third kappa shape index (κ3) is 2.80. The zero-order valence-corrected chi connectivity index (χ0v) is 23.1. The van der Waals surface area contributed by atoms with Gasteiger partial charge < -0.3 is 0 Å². The molecule has 0 amide bonds. The third-order valence-corrected chi connectivity index (χ3v) is 12.0. The zero-order valence-electron chi connectivity index (χ0n) is 21.0. The van der Waals surface area contributed by atoms with E-state index in [-0.39, 0.29) is 0 Å². The summed E-state index contributed by atoms with van der Waals surface area (Å²) in [4.78, 5) is 0. The number of hydrogen-bond donors (Lipinski definition) is 0. The molecule has 0 aliphatic heterocycles. The van der Waals surface area contributed by atoms with Crippen LogP contribution in [-0.2, 0) is 7.05 Å². The normalized spacial score (nSPS) is 12.7. The van der Waals surface area contributed by atoms with Crippen LogP contribution in [0.4, 0.5) is 0 Å². The number of aromatic nitrogens is 2. The van der Waals surface area contributed by atoms with Crippen molar-refractivity contribution in [3.05, 3.63) is 90.6 Å². The SMILES string of the molecule is Cc1ccc2c3c(-c4ccccc4)cccc3n3c4c[c]([Ge]([CH3])([CH3])[CH3])cc5cc[n+](C)c(c1c23)c54. The first-order valence-corrected chi connectivity index (χ1v) is 19.8. The predicted molar refractivity (Wildman–Crippen MR) is 153 cm³/mol. The number of pyridine rings is 2. The number of hydrogen-bond acceptors (Lipinski definition) is 0. The van der Waals surface area contributed by atoms with E-state index in [1.54, 1.807) is 4.40 Å². The van der Waals surface area contributed by atoms with Gasteiger partial charge in [-0.2, -0.15) is 0 Å². The fraction of sp³-hybridized carbons (Fsp3) is 0.156. The molecule has 0 fully saturated rings. The van der Waals surface area contributed by atoms with Crippen LogP contribution >= 0.6 is 0 Å². The van der Waals surface area contributed by atoms with Gasteiger partial charge in [0.2, 0.25) is 0 Å². The van der Waals surface area contributed by atoms with Crippen LogP contribution < -0.4 is 8.96 Å². The molecule has 0 saturated heterocycles. The van der Waals surface area contributed by atoms with E-state index in [1.165, 1.54) is 65.7 Å². The molecule has 35 heavy (non-hydrogen) atoms. The van der Waals surface area contributed by atoms with Crippen molar-refractivity contribution in [3.63, 3.8) is 0 Å². The summed E-state index contributed by atoms with van der Waals surface area (Å²) in [6.07, 6.45) is 2.24. The molecule has 3 heteroatoms. The molecule has 3 aromatic heterocycles. The molecule has 2 nitrogen and oxygen atoms in total. The second kappa shape index (κ2) is 7.08. The van der Waals surface area contributed by atoms with Crippen LogP contribution in [-0.4, -0.2) is 17.7 Å². The summed E-state index contributed by atoms with van der Waals surface area (Å²) >= 11 is -2.08. The monoisotopic (exact) mass is 515 g/mol. The summed E-state index contributed by atoms with van der Waals surface area (Å²) in [5.41, 5.74) is 9.22. The number of fused-ring (bicyclic) bond motifs is 5.